The molecule has 3 aromatic rings. The number of hydrogen-bond donors (Lipinski definition) is 1. The molecule has 0 radical (unpaired) electrons. The topological polar surface area (TPSA) is 76.5 Å². The number of ether oxygens (including phenoxy) is 1. The minimum absolute atomic E-state index is 0.0151. The minimum atomic E-state index is -0.0324. The van der Waals surface area contributed by atoms with Gasteiger partial charge in [-0.25, -0.2) is 0 Å². The Balaban J connectivity index is 1.19. The predicted octanol–water partition coefficient (Wildman–Crippen LogP) is 4.78. The molecule has 7 heteroatoms. The van der Waals surface area contributed by atoms with E-state index >= 15 is 0 Å². The molecule has 2 aliphatic rings. The fourth-order valence-corrected chi connectivity index (χ4v) is 5.20. The Morgan fingerprint density at radius 2 is 1.69 bits per heavy atom. The zero-order valence-electron chi connectivity index (χ0n) is 21.1. The highest BCUT2D eigenvalue weighted by molar-refractivity contribution is 5.98. The van der Waals surface area contributed by atoms with Gasteiger partial charge < -0.3 is 15.0 Å². The van der Waals surface area contributed by atoms with Gasteiger partial charge in [-0.1, -0.05) is 30.3 Å². The van der Waals surface area contributed by atoms with Crippen molar-refractivity contribution in [1.29, 1.82) is 0 Å². The molecule has 7 nitrogen and oxygen atoms in total. The van der Waals surface area contributed by atoms with E-state index in [4.69, 9.17) is 4.74 Å². The lowest BCUT2D eigenvalue weighted by Crippen LogP contribution is -2.38. The monoisotopic (exact) mass is 486 g/mol. The number of anilines is 1. The van der Waals surface area contributed by atoms with Crippen LogP contribution in [0.25, 0.3) is 11.1 Å². The number of hydrogen-bond acceptors (Lipinski definition) is 4. The summed E-state index contributed by atoms with van der Waals surface area (Å²) in [6.45, 7) is 4.66. The average molecular weight is 487 g/mol. The van der Waals surface area contributed by atoms with Crippen LogP contribution in [0.3, 0.4) is 0 Å². The number of carbonyl (C=O) groups is 2. The quantitative estimate of drug-likeness (QED) is 0.563. The van der Waals surface area contributed by atoms with Gasteiger partial charge in [0.2, 0.25) is 5.91 Å². The fourth-order valence-electron chi connectivity index (χ4n) is 5.20. The lowest BCUT2D eigenvalue weighted by atomic mass is 9.88. The van der Waals surface area contributed by atoms with Gasteiger partial charge >= 0.3 is 0 Å². The number of benzene rings is 2. The van der Waals surface area contributed by atoms with E-state index in [0.29, 0.717) is 24.7 Å². The third-order valence-electron chi connectivity index (χ3n) is 7.54. The number of nitrogens with one attached hydrogen (secondary N) is 1. The molecular weight excluding hydrogens is 452 g/mol. The lowest BCUT2D eigenvalue weighted by molar-refractivity contribution is -0.122. The molecule has 0 atom stereocenters. The molecule has 1 aromatic heterocycles. The second-order valence-electron chi connectivity index (χ2n) is 10.00. The normalized spacial score (nSPS) is 17.2. The number of carbonyl (C=O) groups excluding carboxylic acids is 2. The Morgan fingerprint density at radius 1 is 0.972 bits per heavy atom. The van der Waals surface area contributed by atoms with E-state index in [9.17, 15) is 9.59 Å². The van der Waals surface area contributed by atoms with Gasteiger partial charge in [0.15, 0.2) is 0 Å². The zero-order valence-corrected chi connectivity index (χ0v) is 21.1. The van der Waals surface area contributed by atoms with Crippen LogP contribution in [0.15, 0.2) is 54.9 Å². The Morgan fingerprint density at radius 3 is 2.36 bits per heavy atom. The number of rotatable bonds is 5. The molecule has 2 amide bonds. The summed E-state index contributed by atoms with van der Waals surface area (Å²) < 4.78 is 7.18. The summed E-state index contributed by atoms with van der Waals surface area (Å²) >= 11 is 0. The van der Waals surface area contributed by atoms with E-state index in [1.54, 1.807) is 0 Å². The summed E-state index contributed by atoms with van der Waals surface area (Å²) in [5.74, 6) is 0.461. The maximum absolute atomic E-state index is 13.3. The van der Waals surface area contributed by atoms with Crippen molar-refractivity contribution in [3.8, 4) is 11.1 Å². The number of piperidine rings is 1. The van der Waals surface area contributed by atoms with E-state index < -0.39 is 0 Å². The van der Waals surface area contributed by atoms with Crippen molar-refractivity contribution in [2.24, 2.45) is 13.0 Å². The number of aryl methyl sites for hydroxylation is 2. The predicted molar refractivity (Wildman–Crippen MR) is 140 cm³/mol. The summed E-state index contributed by atoms with van der Waals surface area (Å²) in [6, 6.07) is 14.3. The van der Waals surface area contributed by atoms with Crippen LogP contribution >= 0.6 is 0 Å². The highest BCUT2D eigenvalue weighted by Gasteiger charge is 2.26. The first-order valence-electron chi connectivity index (χ1n) is 12.9. The standard InChI is InChI=1S/C29H34N4O3/c1-20-3-4-25(17-27(20)31-28(34)24-11-15-36-16-12-24)29(35)33-13-9-23(10-14-33)21-5-7-22(8-6-21)26-18-30-32(2)19-26/h3-8,17-19,23-24H,9-16H2,1-2H3,(H,31,34). The number of amides is 2. The third kappa shape index (κ3) is 5.36. The van der Waals surface area contributed by atoms with Gasteiger partial charge in [0.05, 0.1) is 6.20 Å². The Hall–Kier alpha value is -3.45. The van der Waals surface area contributed by atoms with Crippen LogP contribution in [-0.4, -0.2) is 52.8 Å². The van der Waals surface area contributed by atoms with Crippen molar-refractivity contribution in [2.75, 3.05) is 31.6 Å². The maximum Gasteiger partial charge on any atom is 0.253 e. The lowest BCUT2D eigenvalue weighted by Gasteiger charge is -2.32. The molecule has 0 bridgehead atoms. The smallest absolute Gasteiger partial charge is 0.253 e. The highest BCUT2D eigenvalue weighted by Crippen LogP contribution is 2.31. The van der Waals surface area contributed by atoms with Crippen molar-refractivity contribution < 1.29 is 14.3 Å². The van der Waals surface area contributed by atoms with E-state index in [-0.39, 0.29) is 17.7 Å². The highest BCUT2D eigenvalue weighted by atomic mass is 16.5. The summed E-state index contributed by atoms with van der Waals surface area (Å²) in [5.41, 5.74) is 5.91. The molecule has 0 aliphatic carbocycles. The third-order valence-corrected chi connectivity index (χ3v) is 7.54. The van der Waals surface area contributed by atoms with Gasteiger partial charge in [0.1, 0.15) is 0 Å². The maximum atomic E-state index is 13.3. The molecule has 0 unspecified atom stereocenters. The second kappa shape index (κ2) is 10.7. The van der Waals surface area contributed by atoms with Crippen molar-refractivity contribution >= 4 is 17.5 Å². The Labute approximate surface area is 212 Å². The van der Waals surface area contributed by atoms with Gasteiger partial charge in [0.25, 0.3) is 5.91 Å². The van der Waals surface area contributed by atoms with E-state index in [1.807, 2.05) is 54.1 Å². The molecular formula is C29H34N4O3. The van der Waals surface area contributed by atoms with Gasteiger partial charge in [-0.3, -0.25) is 14.3 Å². The molecule has 0 saturated carbocycles. The first kappa shape index (κ1) is 24.3. The average Bonchev–Trinajstić information content (AvgIpc) is 3.36. The Bertz CT molecular complexity index is 1220. The van der Waals surface area contributed by atoms with Gasteiger partial charge in [0, 0.05) is 62.3 Å². The van der Waals surface area contributed by atoms with Crippen LogP contribution in [-0.2, 0) is 16.6 Å². The van der Waals surface area contributed by atoms with Crippen LogP contribution in [0, 0.1) is 12.8 Å². The first-order valence-corrected chi connectivity index (χ1v) is 12.9. The summed E-state index contributed by atoms with van der Waals surface area (Å²) in [5, 5.41) is 7.31. The summed E-state index contributed by atoms with van der Waals surface area (Å²) in [7, 11) is 1.92. The first-order chi connectivity index (χ1) is 17.5. The summed E-state index contributed by atoms with van der Waals surface area (Å²) in [6.07, 6.45) is 7.27. The van der Waals surface area contributed by atoms with Crippen LogP contribution in [0.2, 0.25) is 0 Å². The Kier molecular flexibility index (Phi) is 7.18. The molecule has 36 heavy (non-hydrogen) atoms. The minimum Gasteiger partial charge on any atom is -0.381 e. The van der Waals surface area contributed by atoms with Gasteiger partial charge in [-0.15, -0.1) is 0 Å². The SMILES string of the molecule is Cc1ccc(C(=O)N2CCC(c3ccc(-c4cnn(C)c4)cc3)CC2)cc1NC(=O)C1CCOCC1. The van der Waals surface area contributed by atoms with Crippen LogP contribution in [0.4, 0.5) is 5.69 Å². The van der Waals surface area contributed by atoms with E-state index in [0.717, 1.165) is 55.6 Å². The fraction of sp³-hybridized carbons (Fsp3) is 0.414. The molecule has 0 spiro atoms. The van der Waals surface area contributed by atoms with Crippen LogP contribution in [0.1, 0.15) is 53.1 Å². The molecule has 5 rings (SSSR count). The van der Waals surface area contributed by atoms with E-state index in [2.05, 4.69) is 34.7 Å². The molecule has 2 fully saturated rings. The van der Waals surface area contributed by atoms with E-state index in [1.165, 1.54) is 11.1 Å². The van der Waals surface area contributed by atoms with Gasteiger partial charge in [-0.05, 0) is 67.3 Å². The molecule has 2 aliphatic heterocycles. The molecule has 2 aromatic carbocycles. The molecule has 3 heterocycles. The van der Waals surface area contributed by atoms with Gasteiger partial charge in [-0.2, -0.15) is 5.10 Å². The summed E-state index contributed by atoms with van der Waals surface area (Å²) in [4.78, 5) is 27.9. The van der Waals surface area contributed by atoms with Crippen molar-refractivity contribution in [1.82, 2.24) is 14.7 Å². The van der Waals surface area contributed by atoms with Crippen molar-refractivity contribution in [3.63, 3.8) is 0 Å². The van der Waals surface area contributed by atoms with Crippen LogP contribution < -0.4 is 5.32 Å². The van der Waals surface area contributed by atoms with Crippen molar-refractivity contribution in [2.45, 2.75) is 38.5 Å². The largest absolute Gasteiger partial charge is 0.381 e. The molecule has 1 N–H and O–H groups in total. The second-order valence-corrected chi connectivity index (χ2v) is 10.00. The van der Waals surface area contributed by atoms with Crippen LogP contribution in [0.5, 0.6) is 0 Å². The number of likely N-dealkylation sites (tertiary alicyclic amines) is 1. The molecule has 2 saturated heterocycles. The number of nitrogens with zero attached hydrogens (tertiary/aromatic N) is 3. The number of aromatic nitrogens is 2. The van der Waals surface area contributed by atoms with Crippen molar-refractivity contribution in [3.05, 3.63) is 71.5 Å². The molecule has 188 valence electrons. The zero-order chi connectivity index (χ0) is 25.1.